The number of ether oxygens (including phenoxy) is 1. The highest BCUT2D eigenvalue weighted by Crippen LogP contribution is 2.29. The van der Waals surface area contributed by atoms with Gasteiger partial charge >= 0.3 is 0 Å². The van der Waals surface area contributed by atoms with Crippen molar-refractivity contribution in [1.29, 1.82) is 0 Å². The van der Waals surface area contributed by atoms with Gasteiger partial charge in [-0.1, -0.05) is 5.16 Å². The van der Waals surface area contributed by atoms with Crippen LogP contribution in [0, 0.1) is 6.92 Å². The third kappa shape index (κ3) is 3.49. The largest absolute Gasteiger partial charge is 0.495 e. The predicted octanol–water partition coefficient (Wildman–Crippen LogP) is 2.78. The second-order valence-electron chi connectivity index (χ2n) is 6.27. The minimum Gasteiger partial charge on any atom is -0.495 e. The van der Waals surface area contributed by atoms with Crippen LogP contribution in [0.2, 0.25) is 0 Å². The monoisotopic (exact) mass is 398 g/mol. The number of nitrogens with one attached hydrogen (secondary N) is 1. The van der Waals surface area contributed by atoms with Gasteiger partial charge in [0, 0.05) is 24.0 Å². The Hall–Kier alpha value is -3.17. The zero-order valence-electron chi connectivity index (χ0n) is 15.3. The Labute approximate surface area is 161 Å². The number of pyridine rings is 1. The van der Waals surface area contributed by atoms with E-state index in [-0.39, 0.29) is 17.2 Å². The van der Waals surface area contributed by atoms with E-state index >= 15 is 0 Å². The van der Waals surface area contributed by atoms with E-state index in [0.717, 1.165) is 11.2 Å². The van der Waals surface area contributed by atoms with Gasteiger partial charge in [-0.25, -0.2) is 18.1 Å². The first-order chi connectivity index (χ1) is 13.5. The van der Waals surface area contributed by atoms with E-state index in [2.05, 4.69) is 14.9 Å². The van der Waals surface area contributed by atoms with Gasteiger partial charge < -0.3 is 13.7 Å². The molecular formula is C19H18N4O4S. The Morgan fingerprint density at radius 2 is 2.07 bits per heavy atom. The second-order valence-corrected chi connectivity index (χ2v) is 8.00. The number of imidazole rings is 1. The van der Waals surface area contributed by atoms with E-state index < -0.39 is 10.0 Å². The maximum atomic E-state index is 12.9. The number of aromatic nitrogens is 3. The third-order valence-corrected chi connectivity index (χ3v) is 5.71. The Morgan fingerprint density at radius 1 is 1.21 bits per heavy atom. The van der Waals surface area contributed by atoms with Crippen LogP contribution < -0.4 is 9.46 Å². The van der Waals surface area contributed by atoms with Gasteiger partial charge in [0.15, 0.2) is 5.76 Å². The van der Waals surface area contributed by atoms with E-state index in [4.69, 9.17) is 9.26 Å². The highest BCUT2D eigenvalue weighted by molar-refractivity contribution is 7.89. The van der Waals surface area contributed by atoms with Crippen LogP contribution in [0.3, 0.4) is 0 Å². The molecule has 8 nitrogen and oxygen atoms in total. The van der Waals surface area contributed by atoms with Gasteiger partial charge in [-0.15, -0.1) is 0 Å². The van der Waals surface area contributed by atoms with Crippen molar-refractivity contribution in [2.75, 3.05) is 7.11 Å². The molecule has 144 valence electrons. The number of aryl methyl sites for hydroxylation is 1. The average molecular weight is 398 g/mol. The lowest BCUT2D eigenvalue weighted by Crippen LogP contribution is -2.24. The Kier molecular flexibility index (Phi) is 4.62. The standard InChI is InChI=1S/C19H18N4O4S/c1-13-6-8-23-12-15(22-19(23)9-13)11-21-28(24,25)18-10-14(3-4-17(18)26-2)16-5-7-20-27-16/h3-10,12,21H,11H2,1-2H3. The number of nitrogens with zero attached hydrogens (tertiary/aromatic N) is 3. The molecule has 0 saturated carbocycles. The molecule has 0 saturated heterocycles. The SMILES string of the molecule is COc1ccc(-c2ccno2)cc1S(=O)(=O)NCc1cn2ccc(C)cc2n1. The smallest absolute Gasteiger partial charge is 0.244 e. The van der Waals surface area contributed by atoms with Gasteiger partial charge in [-0.05, 0) is 42.8 Å². The Bertz CT molecular complexity index is 1230. The van der Waals surface area contributed by atoms with Crippen LogP contribution in [-0.4, -0.2) is 30.1 Å². The molecule has 0 bridgehead atoms. The molecule has 0 atom stereocenters. The molecule has 0 unspecified atom stereocenters. The number of benzene rings is 1. The Balaban J connectivity index is 1.62. The maximum absolute atomic E-state index is 12.9. The van der Waals surface area contributed by atoms with E-state index in [1.165, 1.54) is 19.4 Å². The van der Waals surface area contributed by atoms with Gasteiger partial charge in [-0.2, -0.15) is 0 Å². The van der Waals surface area contributed by atoms with Crippen molar-refractivity contribution in [2.24, 2.45) is 0 Å². The van der Waals surface area contributed by atoms with Crippen LogP contribution in [0.5, 0.6) is 5.75 Å². The average Bonchev–Trinajstić information content (AvgIpc) is 3.35. The first kappa shape index (κ1) is 18.2. The van der Waals surface area contributed by atoms with E-state index in [0.29, 0.717) is 17.0 Å². The number of fused-ring (bicyclic) bond motifs is 1. The summed E-state index contributed by atoms with van der Waals surface area (Å²) in [5.41, 5.74) is 3.04. The topological polar surface area (TPSA) is 98.7 Å². The lowest BCUT2D eigenvalue weighted by atomic mass is 10.2. The fourth-order valence-corrected chi connectivity index (χ4v) is 4.06. The summed E-state index contributed by atoms with van der Waals surface area (Å²) < 4.78 is 40.6. The van der Waals surface area contributed by atoms with Crippen molar-refractivity contribution < 1.29 is 17.7 Å². The van der Waals surface area contributed by atoms with Crippen LogP contribution in [0.25, 0.3) is 17.0 Å². The quantitative estimate of drug-likeness (QED) is 0.536. The Morgan fingerprint density at radius 3 is 2.82 bits per heavy atom. The van der Waals surface area contributed by atoms with Crippen LogP contribution in [-0.2, 0) is 16.6 Å². The summed E-state index contributed by atoms with van der Waals surface area (Å²) in [7, 11) is -2.42. The number of methoxy groups -OCH3 is 1. The lowest BCUT2D eigenvalue weighted by Gasteiger charge is -2.11. The van der Waals surface area contributed by atoms with Gasteiger partial charge in [0.1, 0.15) is 16.3 Å². The fraction of sp³-hybridized carbons (Fsp3) is 0.158. The summed E-state index contributed by atoms with van der Waals surface area (Å²) >= 11 is 0. The van der Waals surface area contributed by atoms with Crippen molar-refractivity contribution in [1.82, 2.24) is 19.3 Å². The molecule has 1 N–H and O–H groups in total. The lowest BCUT2D eigenvalue weighted by molar-refractivity contribution is 0.402. The maximum Gasteiger partial charge on any atom is 0.244 e. The summed E-state index contributed by atoms with van der Waals surface area (Å²) in [5.74, 6) is 0.705. The summed E-state index contributed by atoms with van der Waals surface area (Å²) in [6.45, 7) is 2.03. The summed E-state index contributed by atoms with van der Waals surface area (Å²) in [4.78, 5) is 4.47. The zero-order valence-corrected chi connectivity index (χ0v) is 16.1. The molecule has 0 radical (unpaired) electrons. The molecule has 3 heterocycles. The molecule has 0 aliphatic heterocycles. The van der Waals surface area contributed by atoms with Crippen LogP contribution in [0.4, 0.5) is 0 Å². The fourth-order valence-electron chi connectivity index (χ4n) is 2.87. The number of hydrogen-bond acceptors (Lipinski definition) is 6. The normalized spacial score (nSPS) is 11.8. The van der Waals surface area contributed by atoms with Gasteiger partial charge in [-0.3, -0.25) is 0 Å². The van der Waals surface area contributed by atoms with Crippen LogP contribution >= 0.6 is 0 Å². The van der Waals surface area contributed by atoms with Crippen molar-refractivity contribution in [2.45, 2.75) is 18.4 Å². The van der Waals surface area contributed by atoms with Crippen molar-refractivity contribution >= 4 is 15.7 Å². The third-order valence-electron chi connectivity index (χ3n) is 4.28. The van der Waals surface area contributed by atoms with Gasteiger partial charge in [0.2, 0.25) is 10.0 Å². The molecule has 0 fully saturated rings. The van der Waals surface area contributed by atoms with Crippen LogP contribution in [0.15, 0.2) is 64.4 Å². The highest BCUT2D eigenvalue weighted by Gasteiger charge is 2.21. The van der Waals surface area contributed by atoms with Gasteiger partial charge in [0.25, 0.3) is 0 Å². The summed E-state index contributed by atoms with van der Waals surface area (Å²) in [6, 6.07) is 10.3. The molecular weight excluding hydrogens is 380 g/mol. The number of hydrogen-bond donors (Lipinski definition) is 1. The molecule has 0 spiro atoms. The molecule has 4 aromatic rings. The first-order valence-corrected chi connectivity index (χ1v) is 9.97. The van der Waals surface area contributed by atoms with Gasteiger partial charge in [0.05, 0.1) is 25.5 Å². The molecule has 0 aliphatic rings. The number of sulfonamides is 1. The molecule has 28 heavy (non-hydrogen) atoms. The second kappa shape index (κ2) is 7.10. The minimum absolute atomic E-state index is 0.0171. The van der Waals surface area contributed by atoms with E-state index in [9.17, 15) is 8.42 Å². The van der Waals surface area contributed by atoms with E-state index in [1.54, 1.807) is 24.4 Å². The van der Waals surface area contributed by atoms with Crippen molar-refractivity contribution in [3.05, 3.63) is 66.2 Å². The zero-order chi connectivity index (χ0) is 19.7. The van der Waals surface area contributed by atoms with Crippen LogP contribution in [0.1, 0.15) is 11.3 Å². The minimum atomic E-state index is -3.85. The van der Waals surface area contributed by atoms with E-state index in [1.807, 2.05) is 29.7 Å². The summed E-state index contributed by atoms with van der Waals surface area (Å²) in [6.07, 6.45) is 5.18. The first-order valence-electron chi connectivity index (χ1n) is 8.49. The highest BCUT2D eigenvalue weighted by atomic mass is 32.2. The summed E-state index contributed by atoms with van der Waals surface area (Å²) in [5, 5.41) is 3.65. The number of rotatable bonds is 6. The van der Waals surface area contributed by atoms with Crippen molar-refractivity contribution in [3.8, 4) is 17.1 Å². The molecule has 0 aliphatic carbocycles. The molecule has 4 rings (SSSR count). The molecule has 9 heteroatoms. The molecule has 3 aromatic heterocycles. The molecule has 0 amide bonds. The van der Waals surface area contributed by atoms with Crippen molar-refractivity contribution in [3.63, 3.8) is 0 Å². The predicted molar refractivity (Wildman–Crippen MR) is 102 cm³/mol. The molecule has 1 aromatic carbocycles.